The molecule has 3 atom stereocenters. The number of carbonyl (C=O) groups is 2. The van der Waals surface area contributed by atoms with Crippen LogP contribution in [0, 0.1) is 0 Å². The molecule has 0 bridgehead atoms. The number of carboxylic acid groups (broad SMARTS) is 1. The van der Waals surface area contributed by atoms with Crippen molar-refractivity contribution in [3.8, 4) is 0 Å². The number of H-pyrrole nitrogens is 1. The van der Waals surface area contributed by atoms with Gasteiger partial charge in [0.2, 0.25) is 21.1 Å². The van der Waals surface area contributed by atoms with Crippen LogP contribution < -0.4 is 5.73 Å². The van der Waals surface area contributed by atoms with Gasteiger partial charge < -0.3 is 10.8 Å². The lowest BCUT2D eigenvalue weighted by Crippen LogP contribution is -2.68. The number of nitrogens with two attached hydrogens (primary N) is 1. The van der Waals surface area contributed by atoms with Crippen molar-refractivity contribution in [2.24, 2.45) is 5.73 Å². The smallest absolute Gasteiger partial charge is 0.352 e. The molecule has 1 fully saturated rings. The Kier molecular flexibility index (Phi) is 8.19. The minimum absolute atomic E-state index is 0.127. The predicted octanol–water partition coefficient (Wildman–Crippen LogP) is 0.0834. The fourth-order valence-electron chi connectivity index (χ4n) is 3.69. The maximum absolute atomic E-state index is 13.0. The number of hydrogen-bond acceptors (Lipinski definition) is 10. The molecule has 15 heteroatoms. The van der Waals surface area contributed by atoms with Crippen molar-refractivity contribution in [3.63, 3.8) is 0 Å². The van der Waals surface area contributed by atoms with Crippen LogP contribution >= 0.6 is 23.5 Å². The van der Waals surface area contributed by atoms with Crippen molar-refractivity contribution in [2.45, 2.75) is 54.9 Å². The number of aromatic nitrogens is 4. The van der Waals surface area contributed by atoms with Gasteiger partial charge in [0.15, 0.2) is 0 Å². The third kappa shape index (κ3) is 5.11. The number of hydrogen-bond donors (Lipinski definition) is 3. The van der Waals surface area contributed by atoms with E-state index < -0.39 is 38.6 Å². The number of aromatic amines is 1. The molecule has 2 aliphatic heterocycles. The Morgan fingerprint density at radius 2 is 2.09 bits per heavy atom. The van der Waals surface area contributed by atoms with Crippen LogP contribution in [0.2, 0.25) is 0 Å². The van der Waals surface area contributed by atoms with Crippen molar-refractivity contribution in [1.29, 1.82) is 0 Å². The first-order valence-electron chi connectivity index (χ1n) is 10.3. The number of β-lactam (4-membered cyclic amide) rings is 1. The van der Waals surface area contributed by atoms with Crippen LogP contribution in [-0.4, -0.2) is 96.5 Å². The molecule has 3 rings (SSSR count). The molecule has 1 aromatic heterocycles. The number of nitrogens with one attached hydrogen (secondary N) is 1. The number of fused-ring (bicyclic) bond motifs is 1. The second-order valence-electron chi connectivity index (χ2n) is 7.42. The highest BCUT2D eigenvalue weighted by Crippen LogP contribution is 2.43. The summed E-state index contributed by atoms with van der Waals surface area (Å²) in [5.74, 6) is -1.55. The van der Waals surface area contributed by atoms with Crippen LogP contribution in [-0.2, 0) is 19.6 Å². The van der Waals surface area contributed by atoms with Crippen molar-refractivity contribution >= 4 is 45.4 Å². The summed E-state index contributed by atoms with van der Waals surface area (Å²) < 4.78 is 27.4. The first kappa shape index (κ1) is 25.0. The molecule has 1 aromatic rings. The fourth-order valence-corrected chi connectivity index (χ4v) is 8.04. The first-order valence-corrected chi connectivity index (χ1v) is 13.8. The minimum Gasteiger partial charge on any atom is -0.477 e. The quantitative estimate of drug-likeness (QED) is 0.259. The molecule has 1 amide bonds. The van der Waals surface area contributed by atoms with E-state index >= 15 is 0 Å². The van der Waals surface area contributed by atoms with Gasteiger partial charge in [0.25, 0.3) is 0 Å². The van der Waals surface area contributed by atoms with E-state index in [-0.39, 0.29) is 23.0 Å². The summed E-state index contributed by atoms with van der Waals surface area (Å²) in [6.07, 6.45) is 1.53. The number of amides is 1. The SMILES string of the molecule is CCCN(CCC)S(=O)(=O)CCC(Sc1nn[nH]n1)C1=C(C(=O)O)N2C(=O)C(N)[C@@H]2SC1. The van der Waals surface area contributed by atoms with Crippen molar-refractivity contribution < 1.29 is 23.1 Å². The van der Waals surface area contributed by atoms with Gasteiger partial charge in [-0.15, -0.1) is 22.0 Å². The van der Waals surface area contributed by atoms with Gasteiger partial charge in [-0.2, -0.15) is 5.21 Å². The molecule has 32 heavy (non-hydrogen) atoms. The molecular weight excluding hydrogens is 478 g/mol. The summed E-state index contributed by atoms with van der Waals surface area (Å²) in [5.41, 5.74) is 6.16. The molecule has 12 nitrogen and oxygen atoms in total. The standard InChI is InChI=1S/C17H27N7O5S3/c1-3-6-23(7-4-2)32(28,29)8-5-11(31-17-19-21-22-20-17)10-9-30-15-12(18)14(25)24(15)13(10)16(26)27/h11-12,15H,3-9,18H2,1-2H3,(H,26,27)(H,19,20,21,22)/t11?,12?,15-/m0/s1. The molecular formula is C17H27N7O5S3. The van der Waals surface area contributed by atoms with Gasteiger partial charge in [0.05, 0.1) is 5.75 Å². The second-order valence-corrected chi connectivity index (χ2v) is 11.8. The van der Waals surface area contributed by atoms with Gasteiger partial charge >= 0.3 is 5.97 Å². The number of aliphatic carboxylic acids is 1. The van der Waals surface area contributed by atoms with Crippen LogP contribution in [0.3, 0.4) is 0 Å². The summed E-state index contributed by atoms with van der Waals surface area (Å²) in [4.78, 5) is 25.6. The van der Waals surface area contributed by atoms with E-state index in [0.29, 0.717) is 37.3 Å². The van der Waals surface area contributed by atoms with E-state index in [1.165, 1.54) is 21.0 Å². The number of thioether (sulfide) groups is 2. The number of rotatable bonds is 12. The maximum Gasteiger partial charge on any atom is 0.352 e. The van der Waals surface area contributed by atoms with Gasteiger partial charge in [-0.25, -0.2) is 17.5 Å². The Morgan fingerprint density at radius 1 is 1.41 bits per heavy atom. The van der Waals surface area contributed by atoms with Gasteiger partial charge in [-0.1, -0.05) is 25.6 Å². The average molecular weight is 506 g/mol. The number of tetrazole rings is 1. The highest BCUT2D eigenvalue weighted by Gasteiger charge is 2.52. The lowest BCUT2D eigenvalue weighted by molar-refractivity contribution is -0.148. The summed E-state index contributed by atoms with van der Waals surface area (Å²) >= 11 is 2.50. The molecule has 178 valence electrons. The number of carboxylic acids is 1. The van der Waals surface area contributed by atoms with Crippen LogP contribution in [0.5, 0.6) is 0 Å². The van der Waals surface area contributed by atoms with Crippen LogP contribution in [0.4, 0.5) is 0 Å². The Balaban J connectivity index is 1.90. The summed E-state index contributed by atoms with van der Waals surface area (Å²) in [6, 6.07) is -0.740. The van der Waals surface area contributed by atoms with Gasteiger partial charge in [0, 0.05) is 24.1 Å². The van der Waals surface area contributed by atoms with E-state index in [0.717, 1.165) is 11.8 Å². The third-order valence-electron chi connectivity index (χ3n) is 5.18. The lowest BCUT2D eigenvalue weighted by Gasteiger charge is -2.48. The van der Waals surface area contributed by atoms with Crippen LogP contribution in [0.25, 0.3) is 0 Å². The van der Waals surface area contributed by atoms with Gasteiger partial charge in [0.1, 0.15) is 17.1 Å². The maximum atomic E-state index is 13.0. The molecule has 2 unspecified atom stereocenters. The van der Waals surface area contributed by atoms with E-state index in [4.69, 9.17) is 5.73 Å². The van der Waals surface area contributed by atoms with E-state index in [1.807, 2.05) is 13.8 Å². The fraction of sp³-hybridized carbons (Fsp3) is 0.706. The first-order chi connectivity index (χ1) is 15.2. The van der Waals surface area contributed by atoms with Crippen molar-refractivity contribution in [3.05, 3.63) is 11.3 Å². The van der Waals surface area contributed by atoms with Crippen molar-refractivity contribution in [2.75, 3.05) is 24.6 Å². The molecule has 1 saturated heterocycles. The van der Waals surface area contributed by atoms with Gasteiger partial charge in [-0.3, -0.25) is 9.69 Å². The van der Waals surface area contributed by atoms with Crippen LogP contribution in [0.1, 0.15) is 33.1 Å². The lowest BCUT2D eigenvalue weighted by atomic mass is 10.0. The second kappa shape index (κ2) is 10.5. The molecule has 0 radical (unpaired) electrons. The summed E-state index contributed by atoms with van der Waals surface area (Å²) in [5, 5.41) is 22.8. The Labute approximate surface area is 194 Å². The molecule has 0 spiro atoms. The third-order valence-corrected chi connectivity index (χ3v) is 9.60. The van der Waals surface area contributed by atoms with E-state index in [9.17, 15) is 23.1 Å². The number of nitrogens with zero attached hydrogens (tertiary/aromatic N) is 5. The molecule has 4 N–H and O–H groups in total. The summed E-state index contributed by atoms with van der Waals surface area (Å²) in [7, 11) is -3.55. The van der Waals surface area contributed by atoms with Gasteiger partial charge in [-0.05, 0) is 30.0 Å². The molecule has 0 aliphatic carbocycles. The Morgan fingerprint density at radius 3 is 2.66 bits per heavy atom. The normalized spacial score (nSPS) is 22.1. The zero-order valence-electron chi connectivity index (χ0n) is 17.8. The van der Waals surface area contributed by atoms with Crippen molar-refractivity contribution in [1.82, 2.24) is 29.8 Å². The zero-order chi connectivity index (χ0) is 23.5. The molecule has 0 saturated carbocycles. The molecule has 0 aromatic carbocycles. The molecule has 2 aliphatic rings. The monoisotopic (exact) mass is 505 g/mol. The largest absolute Gasteiger partial charge is 0.477 e. The number of sulfonamides is 1. The Bertz CT molecular complexity index is 963. The highest BCUT2D eigenvalue weighted by atomic mass is 32.2. The minimum atomic E-state index is -3.55. The van der Waals surface area contributed by atoms with E-state index in [2.05, 4.69) is 20.6 Å². The van der Waals surface area contributed by atoms with Crippen LogP contribution in [0.15, 0.2) is 16.4 Å². The predicted molar refractivity (Wildman–Crippen MR) is 120 cm³/mol. The van der Waals surface area contributed by atoms with E-state index in [1.54, 1.807) is 0 Å². The topological polar surface area (TPSA) is 175 Å². The molecule has 3 heterocycles. The average Bonchev–Trinajstić information content (AvgIpc) is 3.28. The number of carbonyl (C=O) groups excluding carboxylic acids is 1. The zero-order valence-corrected chi connectivity index (χ0v) is 20.2. The Hall–Kier alpha value is -1.68. The highest BCUT2D eigenvalue weighted by molar-refractivity contribution is 8.01. The summed E-state index contributed by atoms with van der Waals surface area (Å²) in [6.45, 7) is 4.70.